The topological polar surface area (TPSA) is 82.0 Å². The summed E-state index contributed by atoms with van der Waals surface area (Å²) in [7, 11) is 0. The Bertz CT molecular complexity index is 568. The molecular formula is C12H13N3O2S. The molecule has 6 heteroatoms. The zero-order valence-electron chi connectivity index (χ0n) is 10.1. The van der Waals surface area contributed by atoms with E-state index in [4.69, 9.17) is 10.2 Å². The summed E-state index contributed by atoms with van der Waals surface area (Å²) < 4.78 is 5.50. The molecule has 1 aromatic heterocycles. The fraction of sp³-hybridized carbons (Fsp3) is 0.250. The maximum atomic E-state index is 10.9. The van der Waals surface area contributed by atoms with Crippen molar-refractivity contribution < 1.29 is 9.21 Å². The van der Waals surface area contributed by atoms with Crippen molar-refractivity contribution in [2.75, 3.05) is 0 Å². The summed E-state index contributed by atoms with van der Waals surface area (Å²) in [5.41, 5.74) is 7.12. The SMILES string of the molecule is Cc1ccccc1-c1nnc(S[C@@H](C)C(N)=O)o1. The Morgan fingerprint density at radius 1 is 1.39 bits per heavy atom. The Morgan fingerprint density at radius 3 is 2.78 bits per heavy atom. The van der Waals surface area contributed by atoms with E-state index >= 15 is 0 Å². The van der Waals surface area contributed by atoms with E-state index in [0.29, 0.717) is 11.1 Å². The molecule has 1 amide bonds. The van der Waals surface area contributed by atoms with Crippen molar-refractivity contribution in [3.05, 3.63) is 29.8 Å². The third-order valence-electron chi connectivity index (χ3n) is 2.46. The lowest BCUT2D eigenvalue weighted by atomic mass is 10.1. The van der Waals surface area contributed by atoms with Crippen LogP contribution in [0.1, 0.15) is 12.5 Å². The van der Waals surface area contributed by atoms with Gasteiger partial charge in [0.1, 0.15) is 0 Å². The number of amides is 1. The average Bonchev–Trinajstić information content (AvgIpc) is 2.77. The summed E-state index contributed by atoms with van der Waals surface area (Å²) in [4.78, 5) is 10.9. The fourth-order valence-electron chi connectivity index (χ4n) is 1.39. The van der Waals surface area contributed by atoms with Crippen LogP contribution in [0.15, 0.2) is 33.9 Å². The second kappa shape index (κ2) is 5.22. The summed E-state index contributed by atoms with van der Waals surface area (Å²) in [5.74, 6) is 0.0444. The molecule has 0 aliphatic carbocycles. The normalized spacial score (nSPS) is 12.3. The number of hydrogen-bond donors (Lipinski definition) is 1. The first-order valence-electron chi connectivity index (χ1n) is 5.43. The van der Waals surface area contributed by atoms with Crippen LogP contribution in [-0.4, -0.2) is 21.4 Å². The average molecular weight is 263 g/mol. The van der Waals surface area contributed by atoms with Crippen molar-refractivity contribution in [2.24, 2.45) is 5.73 Å². The molecule has 0 unspecified atom stereocenters. The van der Waals surface area contributed by atoms with Gasteiger partial charge in [-0.05, 0) is 25.5 Å². The van der Waals surface area contributed by atoms with E-state index in [1.54, 1.807) is 6.92 Å². The van der Waals surface area contributed by atoms with Crippen LogP contribution >= 0.6 is 11.8 Å². The molecule has 0 aliphatic heterocycles. The Labute approximate surface area is 109 Å². The molecule has 0 saturated carbocycles. The number of rotatable bonds is 4. The van der Waals surface area contributed by atoms with Gasteiger partial charge in [-0.3, -0.25) is 4.79 Å². The molecule has 0 radical (unpaired) electrons. The highest BCUT2D eigenvalue weighted by molar-refractivity contribution is 8.00. The molecule has 18 heavy (non-hydrogen) atoms. The zero-order chi connectivity index (χ0) is 13.1. The molecule has 1 heterocycles. The second-order valence-corrected chi connectivity index (χ2v) is 5.14. The minimum atomic E-state index is -0.407. The third-order valence-corrected chi connectivity index (χ3v) is 3.41. The van der Waals surface area contributed by atoms with E-state index in [0.717, 1.165) is 22.9 Å². The van der Waals surface area contributed by atoms with Crippen molar-refractivity contribution in [2.45, 2.75) is 24.3 Å². The molecule has 0 bridgehead atoms. The van der Waals surface area contributed by atoms with Gasteiger partial charge in [0.2, 0.25) is 11.8 Å². The first-order valence-corrected chi connectivity index (χ1v) is 6.31. The summed E-state index contributed by atoms with van der Waals surface area (Å²) in [6, 6.07) is 7.73. The molecule has 0 aliphatic rings. The number of carbonyl (C=O) groups excluding carboxylic acids is 1. The number of primary amides is 1. The van der Waals surface area contributed by atoms with Gasteiger partial charge in [0, 0.05) is 5.56 Å². The number of benzene rings is 1. The van der Waals surface area contributed by atoms with E-state index in [-0.39, 0.29) is 0 Å². The lowest BCUT2D eigenvalue weighted by Gasteiger charge is -2.01. The van der Waals surface area contributed by atoms with Gasteiger partial charge in [0.05, 0.1) is 5.25 Å². The zero-order valence-corrected chi connectivity index (χ0v) is 10.9. The van der Waals surface area contributed by atoms with Crippen LogP contribution in [0.25, 0.3) is 11.5 Å². The Hall–Kier alpha value is -1.82. The molecule has 1 aromatic carbocycles. The smallest absolute Gasteiger partial charge is 0.277 e. The highest BCUT2D eigenvalue weighted by atomic mass is 32.2. The largest absolute Gasteiger partial charge is 0.411 e. The van der Waals surface area contributed by atoms with Crippen molar-refractivity contribution >= 4 is 17.7 Å². The van der Waals surface area contributed by atoms with Gasteiger partial charge in [-0.15, -0.1) is 10.2 Å². The molecule has 0 saturated heterocycles. The number of nitrogens with zero attached hydrogens (tertiary/aromatic N) is 2. The molecule has 2 aromatic rings. The Balaban J connectivity index is 2.21. The van der Waals surface area contributed by atoms with Gasteiger partial charge in [-0.2, -0.15) is 0 Å². The minimum Gasteiger partial charge on any atom is -0.411 e. The molecule has 94 valence electrons. The predicted molar refractivity (Wildman–Crippen MR) is 69.0 cm³/mol. The lowest BCUT2D eigenvalue weighted by Crippen LogP contribution is -2.22. The van der Waals surface area contributed by atoms with Crippen LogP contribution in [0.4, 0.5) is 0 Å². The molecule has 0 fully saturated rings. The van der Waals surface area contributed by atoms with Crippen LogP contribution in [-0.2, 0) is 4.79 Å². The highest BCUT2D eigenvalue weighted by Crippen LogP contribution is 2.27. The van der Waals surface area contributed by atoms with Crippen LogP contribution in [0.3, 0.4) is 0 Å². The van der Waals surface area contributed by atoms with Crippen molar-refractivity contribution in [3.8, 4) is 11.5 Å². The van der Waals surface area contributed by atoms with Gasteiger partial charge < -0.3 is 10.2 Å². The number of thioether (sulfide) groups is 1. The number of aryl methyl sites for hydroxylation is 1. The second-order valence-electron chi connectivity index (χ2n) is 3.85. The summed E-state index contributed by atoms with van der Waals surface area (Å²) in [6.45, 7) is 3.67. The maximum absolute atomic E-state index is 10.9. The number of nitrogens with two attached hydrogens (primary N) is 1. The van der Waals surface area contributed by atoms with Crippen molar-refractivity contribution in [1.29, 1.82) is 0 Å². The number of carbonyl (C=O) groups is 1. The third kappa shape index (κ3) is 2.70. The molecule has 0 spiro atoms. The van der Waals surface area contributed by atoms with Crippen molar-refractivity contribution in [1.82, 2.24) is 10.2 Å². The molecule has 2 N–H and O–H groups in total. The molecule has 1 atom stereocenters. The van der Waals surface area contributed by atoms with Gasteiger partial charge in [-0.1, -0.05) is 30.0 Å². The van der Waals surface area contributed by atoms with E-state index in [1.807, 2.05) is 31.2 Å². The van der Waals surface area contributed by atoms with Crippen LogP contribution in [0.2, 0.25) is 0 Å². The summed E-state index contributed by atoms with van der Waals surface area (Å²) >= 11 is 1.16. The standard InChI is InChI=1S/C12H13N3O2S/c1-7-5-3-4-6-9(7)11-14-15-12(17-11)18-8(2)10(13)16/h3-6,8H,1-2H3,(H2,13,16)/t8-/m0/s1. The van der Waals surface area contributed by atoms with E-state index in [1.165, 1.54) is 0 Å². The van der Waals surface area contributed by atoms with Gasteiger partial charge in [0.25, 0.3) is 5.22 Å². The van der Waals surface area contributed by atoms with Crippen LogP contribution in [0.5, 0.6) is 0 Å². The fourth-order valence-corrected chi connectivity index (χ4v) is 2.02. The Morgan fingerprint density at radius 2 is 2.11 bits per heavy atom. The lowest BCUT2D eigenvalue weighted by molar-refractivity contribution is -0.117. The number of hydrogen-bond acceptors (Lipinski definition) is 5. The first-order chi connectivity index (χ1) is 8.58. The molecular weight excluding hydrogens is 250 g/mol. The Kier molecular flexibility index (Phi) is 3.66. The van der Waals surface area contributed by atoms with E-state index in [9.17, 15) is 4.79 Å². The predicted octanol–water partition coefficient (Wildman–Crippen LogP) is 2.01. The minimum absolute atomic E-state index is 0.347. The van der Waals surface area contributed by atoms with E-state index in [2.05, 4.69) is 10.2 Å². The number of aromatic nitrogens is 2. The van der Waals surface area contributed by atoms with E-state index < -0.39 is 11.2 Å². The summed E-state index contributed by atoms with van der Waals surface area (Å²) in [6.07, 6.45) is 0. The highest BCUT2D eigenvalue weighted by Gasteiger charge is 2.16. The maximum Gasteiger partial charge on any atom is 0.277 e. The van der Waals surface area contributed by atoms with Gasteiger partial charge in [0.15, 0.2) is 0 Å². The van der Waals surface area contributed by atoms with Gasteiger partial charge >= 0.3 is 0 Å². The quantitative estimate of drug-likeness (QED) is 0.853. The monoisotopic (exact) mass is 263 g/mol. The van der Waals surface area contributed by atoms with Crippen LogP contribution in [0, 0.1) is 6.92 Å². The molecule has 2 rings (SSSR count). The summed E-state index contributed by atoms with van der Waals surface area (Å²) in [5, 5.41) is 7.82. The van der Waals surface area contributed by atoms with Crippen LogP contribution < -0.4 is 5.73 Å². The molecule has 5 nitrogen and oxygen atoms in total. The van der Waals surface area contributed by atoms with Crippen molar-refractivity contribution in [3.63, 3.8) is 0 Å². The first kappa shape index (κ1) is 12.6. The van der Waals surface area contributed by atoms with Gasteiger partial charge in [-0.25, -0.2) is 0 Å².